The Morgan fingerprint density at radius 2 is 2.10 bits per heavy atom. The molecule has 1 amide bonds. The molecule has 0 aliphatic carbocycles. The van der Waals surface area contributed by atoms with Gasteiger partial charge in [0.05, 0.1) is 5.02 Å². The zero-order valence-corrected chi connectivity index (χ0v) is 14.3. The summed E-state index contributed by atoms with van der Waals surface area (Å²) in [5, 5.41) is 2.34. The maximum Gasteiger partial charge on any atom is 0.329 e. The standard InChI is InChI=1S/C15H20ClNO3S/c1-9-8-21-12(11(9)16)13(18)17-7-5-6-10(17)14(19)20-15(2,3)4/h8,10H,5-7H2,1-4H3/t10-/m0/s1. The van der Waals surface area contributed by atoms with E-state index in [-0.39, 0.29) is 11.9 Å². The Bertz CT molecular complexity index is 562. The van der Waals surface area contributed by atoms with Crippen LogP contribution in [0, 0.1) is 6.92 Å². The van der Waals surface area contributed by atoms with Crippen molar-refractivity contribution in [2.45, 2.75) is 52.2 Å². The summed E-state index contributed by atoms with van der Waals surface area (Å²) < 4.78 is 5.41. The molecule has 1 fully saturated rings. The molecule has 6 heteroatoms. The fourth-order valence-electron chi connectivity index (χ4n) is 2.33. The van der Waals surface area contributed by atoms with E-state index < -0.39 is 11.6 Å². The van der Waals surface area contributed by atoms with Gasteiger partial charge in [0.1, 0.15) is 16.5 Å². The predicted molar refractivity (Wildman–Crippen MR) is 84.0 cm³/mol. The number of thiophene rings is 1. The Morgan fingerprint density at radius 3 is 2.62 bits per heavy atom. The topological polar surface area (TPSA) is 46.6 Å². The van der Waals surface area contributed by atoms with Gasteiger partial charge in [0.15, 0.2) is 0 Å². The zero-order valence-electron chi connectivity index (χ0n) is 12.7. The second kappa shape index (κ2) is 5.97. The molecule has 0 saturated carbocycles. The number of carbonyl (C=O) groups is 2. The summed E-state index contributed by atoms with van der Waals surface area (Å²) >= 11 is 7.49. The van der Waals surface area contributed by atoms with Crippen molar-refractivity contribution in [3.8, 4) is 0 Å². The Morgan fingerprint density at radius 1 is 1.43 bits per heavy atom. The molecule has 1 aromatic heterocycles. The van der Waals surface area contributed by atoms with Crippen LogP contribution in [0.4, 0.5) is 0 Å². The molecule has 2 heterocycles. The van der Waals surface area contributed by atoms with Crippen LogP contribution in [0.2, 0.25) is 5.02 Å². The average molecular weight is 330 g/mol. The smallest absolute Gasteiger partial charge is 0.329 e. The van der Waals surface area contributed by atoms with E-state index in [0.717, 1.165) is 12.0 Å². The Balaban J connectivity index is 2.17. The number of carbonyl (C=O) groups excluding carboxylic acids is 2. The van der Waals surface area contributed by atoms with E-state index in [0.29, 0.717) is 22.9 Å². The van der Waals surface area contributed by atoms with Gasteiger partial charge in [-0.3, -0.25) is 4.79 Å². The highest BCUT2D eigenvalue weighted by Gasteiger charge is 2.38. The van der Waals surface area contributed by atoms with Gasteiger partial charge < -0.3 is 9.64 Å². The zero-order chi connectivity index (χ0) is 15.8. The van der Waals surface area contributed by atoms with Crippen molar-refractivity contribution in [2.24, 2.45) is 0 Å². The first kappa shape index (κ1) is 16.3. The predicted octanol–water partition coefficient (Wildman–Crippen LogP) is 3.66. The molecule has 1 aliphatic rings. The van der Waals surface area contributed by atoms with Crippen LogP contribution in [0.5, 0.6) is 0 Å². The lowest BCUT2D eigenvalue weighted by Crippen LogP contribution is -2.43. The molecule has 0 aromatic carbocycles. The number of ether oxygens (including phenoxy) is 1. The van der Waals surface area contributed by atoms with E-state index >= 15 is 0 Å². The van der Waals surface area contributed by atoms with Gasteiger partial charge in [-0.25, -0.2) is 4.79 Å². The summed E-state index contributed by atoms with van der Waals surface area (Å²) in [6.07, 6.45) is 1.44. The van der Waals surface area contributed by atoms with Crippen LogP contribution in [0.1, 0.15) is 48.8 Å². The van der Waals surface area contributed by atoms with Crippen molar-refractivity contribution in [3.05, 3.63) is 20.8 Å². The monoisotopic (exact) mass is 329 g/mol. The van der Waals surface area contributed by atoms with Crippen molar-refractivity contribution in [1.82, 2.24) is 4.90 Å². The van der Waals surface area contributed by atoms with E-state index in [1.54, 1.807) is 4.90 Å². The largest absolute Gasteiger partial charge is 0.458 e. The molecule has 0 spiro atoms. The Labute approximate surface area is 134 Å². The van der Waals surface area contributed by atoms with Gasteiger partial charge in [-0.2, -0.15) is 0 Å². The molecule has 0 radical (unpaired) electrons. The lowest BCUT2D eigenvalue weighted by molar-refractivity contribution is -0.159. The number of hydrogen-bond acceptors (Lipinski definition) is 4. The van der Waals surface area contributed by atoms with Crippen LogP contribution in [0.25, 0.3) is 0 Å². The van der Waals surface area contributed by atoms with Gasteiger partial charge in [-0.1, -0.05) is 11.6 Å². The first-order valence-electron chi connectivity index (χ1n) is 6.98. The maximum atomic E-state index is 12.6. The van der Waals surface area contributed by atoms with Gasteiger partial charge in [0, 0.05) is 6.54 Å². The Kier molecular flexibility index (Phi) is 4.63. The number of amides is 1. The maximum absolute atomic E-state index is 12.6. The molecule has 1 atom stereocenters. The highest BCUT2D eigenvalue weighted by Crippen LogP contribution is 2.31. The van der Waals surface area contributed by atoms with Crippen LogP contribution in [0.3, 0.4) is 0 Å². The molecule has 21 heavy (non-hydrogen) atoms. The van der Waals surface area contributed by atoms with Crippen LogP contribution in [-0.2, 0) is 9.53 Å². The highest BCUT2D eigenvalue weighted by molar-refractivity contribution is 7.13. The molecule has 0 bridgehead atoms. The molecule has 1 aliphatic heterocycles. The molecule has 2 rings (SSSR count). The minimum Gasteiger partial charge on any atom is -0.458 e. The minimum absolute atomic E-state index is 0.175. The van der Waals surface area contributed by atoms with E-state index in [4.69, 9.17) is 16.3 Å². The molecule has 0 N–H and O–H groups in total. The third-order valence-corrected chi connectivity index (χ3v) is 4.97. The van der Waals surface area contributed by atoms with Crippen LogP contribution in [0.15, 0.2) is 5.38 Å². The van der Waals surface area contributed by atoms with Gasteiger partial charge in [-0.05, 0) is 51.5 Å². The van der Waals surface area contributed by atoms with Gasteiger partial charge in [0.2, 0.25) is 0 Å². The number of rotatable bonds is 2. The van der Waals surface area contributed by atoms with Crippen molar-refractivity contribution in [2.75, 3.05) is 6.54 Å². The summed E-state index contributed by atoms with van der Waals surface area (Å²) in [5.41, 5.74) is 0.337. The Hall–Kier alpha value is -1.07. The van der Waals surface area contributed by atoms with Crippen LogP contribution < -0.4 is 0 Å². The van der Waals surface area contributed by atoms with Gasteiger partial charge in [-0.15, -0.1) is 11.3 Å². The fraction of sp³-hybridized carbons (Fsp3) is 0.600. The van der Waals surface area contributed by atoms with Crippen molar-refractivity contribution in [1.29, 1.82) is 0 Å². The molecule has 1 saturated heterocycles. The molecule has 116 valence electrons. The highest BCUT2D eigenvalue weighted by atomic mass is 35.5. The second-order valence-corrected chi connectivity index (χ2v) is 7.51. The summed E-state index contributed by atoms with van der Waals surface area (Å²) in [6.45, 7) is 7.91. The lowest BCUT2D eigenvalue weighted by Gasteiger charge is -2.27. The van der Waals surface area contributed by atoms with E-state index in [2.05, 4.69) is 0 Å². The fourth-order valence-corrected chi connectivity index (χ4v) is 3.56. The second-order valence-electron chi connectivity index (χ2n) is 6.25. The number of nitrogens with zero attached hydrogens (tertiary/aromatic N) is 1. The summed E-state index contributed by atoms with van der Waals surface area (Å²) in [7, 11) is 0. The number of hydrogen-bond donors (Lipinski definition) is 0. The van der Waals surface area contributed by atoms with Crippen molar-refractivity contribution < 1.29 is 14.3 Å². The number of esters is 1. The number of likely N-dealkylation sites (tertiary alicyclic amines) is 1. The van der Waals surface area contributed by atoms with Gasteiger partial charge in [0.25, 0.3) is 5.91 Å². The first-order chi connectivity index (χ1) is 9.70. The quantitative estimate of drug-likeness (QED) is 0.778. The SMILES string of the molecule is Cc1csc(C(=O)N2CCC[C@H]2C(=O)OC(C)(C)C)c1Cl. The number of aryl methyl sites for hydroxylation is 1. The van der Waals surface area contributed by atoms with Crippen molar-refractivity contribution >= 4 is 34.8 Å². The first-order valence-corrected chi connectivity index (χ1v) is 8.24. The minimum atomic E-state index is -0.550. The van der Waals surface area contributed by atoms with Gasteiger partial charge >= 0.3 is 5.97 Å². The van der Waals surface area contributed by atoms with E-state index in [1.807, 2.05) is 33.1 Å². The number of halogens is 1. The summed E-state index contributed by atoms with van der Waals surface area (Å²) in [4.78, 5) is 27.0. The normalized spacial score (nSPS) is 18.9. The molecule has 1 aromatic rings. The molecule has 4 nitrogen and oxygen atoms in total. The van der Waals surface area contributed by atoms with E-state index in [1.165, 1.54) is 11.3 Å². The summed E-state index contributed by atoms with van der Waals surface area (Å²) in [5.74, 6) is -0.510. The average Bonchev–Trinajstić information content (AvgIpc) is 2.95. The third kappa shape index (κ3) is 3.58. The third-order valence-electron chi connectivity index (χ3n) is 3.29. The van der Waals surface area contributed by atoms with Crippen LogP contribution >= 0.6 is 22.9 Å². The van der Waals surface area contributed by atoms with Crippen molar-refractivity contribution in [3.63, 3.8) is 0 Å². The summed E-state index contributed by atoms with van der Waals surface area (Å²) in [6, 6.07) is -0.504. The van der Waals surface area contributed by atoms with Crippen LogP contribution in [-0.4, -0.2) is 35.0 Å². The molecular formula is C15H20ClNO3S. The van der Waals surface area contributed by atoms with E-state index in [9.17, 15) is 9.59 Å². The molecule has 0 unspecified atom stereocenters. The lowest BCUT2D eigenvalue weighted by atomic mass is 10.1. The molecular weight excluding hydrogens is 310 g/mol.